The second kappa shape index (κ2) is 3.69. The SMILES string of the molecule is Cc1cccc(C2CC(C)OC2=O)c1C. The Balaban J connectivity index is 2.38. The molecule has 2 heteroatoms. The molecule has 0 N–H and O–H groups in total. The number of cyclic esters (lactones) is 1. The Bertz CT molecular complexity index is 396. The molecule has 0 radical (unpaired) electrons. The van der Waals surface area contributed by atoms with Crippen molar-refractivity contribution < 1.29 is 9.53 Å². The van der Waals surface area contributed by atoms with Crippen LogP contribution in [0.2, 0.25) is 0 Å². The van der Waals surface area contributed by atoms with Crippen molar-refractivity contribution >= 4 is 5.97 Å². The van der Waals surface area contributed by atoms with Gasteiger partial charge in [-0.3, -0.25) is 4.79 Å². The number of carbonyl (C=O) groups excluding carboxylic acids is 1. The van der Waals surface area contributed by atoms with Crippen LogP contribution in [0.5, 0.6) is 0 Å². The molecule has 15 heavy (non-hydrogen) atoms. The second-order valence-electron chi connectivity index (χ2n) is 4.32. The Morgan fingerprint density at radius 3 is 2.67 bits per heavy atom. The summed E-state index contributed by atoms with van der Waals surface area (Å²) in [6, 6.07) is 6.11. The second-order valence-corrected chi connectivity index (χ2v) is 4.32. The van der Waals surface area contributed by atoms with E-state index in [1.54, 1.807) is 0 Å². The van der Waals surface area contributed by atoms with Gasteiger partial charge in [0, 0.05) is 6.42 Å². The highest BCUT2D eigenvalue weighted by molar-refractivity contribution is 5.80. The quantitative estimate of drug-likeness (QED) is 0.657. The van der Waals surface area contributed by atoms with Crippen LogP contribution in [0.25, 0.3) is 0 Å². The van der Waals surface area contributed by atoms with Crippen molar-refractivity contribution in [3.8, 4) is 0 Å². The van der Waals surface area contributed by atoms with Gasteiger partial charge >= 0.3 is 5.97 Å². The summed E-state index contributed by atoms with van der Waals surface area (Å²) in [6.45, 7) is 6.09. The third-order valence-corrected chi connectivity index (χ3v) is 3.19. The Morgan fingerprint density at radius 1 is 1.33 bits per heavy atom. The van der Waals surface area contributed by atoms with E-state index in [1.807, 2.05) is 19.1 Å². The summed E-state index contributed by atoms with van der Waals surface area (Å²) < 4.78 is 5.18. The molecule has 1 heterocycles. The first-order valence-electron chi connectivity index (χ1n) is 5.36. The highest BCUT2D eigenvalue weighted by Crippen LogP contribution is 2.33. The third kappa shape index (κ3) is 1.76. The normalized spacial score (nSPS) is 25.4. The van der Waals surface area contributed by atoms with Gasteiger partial charge in [0.05, 0.1) is 5.92 Å². The smallest absolute Gasteiger partial charge is 0.313 e. The van der Waals surface area contributed by atoms with Gasteiger partial charge in [-0.25, -0.2) is 0 Å². The van der Waals surface area contributed by atoms with Gasteiger partial charge in [-0.2, -0.15) is 0 Å². The molecular formula is C13H16O2. The largest absolute Gasteiger partial charge is 0.462 e. The van der Waals surface area contributed by atoms with Gasteiger partial charge in [0.1, 0.15) is 6.10 Å². The molecule has 0 aliphatic carbocycles. The monoisotopic (exact) mass is 204 g/mol. The Morgan fingerprint density at radius 2 is 2.07 bits per heavy atom. The Labute approximate surface area is 90.3 Å². The number of ether oxygens (including phenoxy) is 1. The zero-order valence-corrected chi connectivity index (χ0v) is 9.41. The summed E-state index contributed by atoms with van der Waals surface area (Å²) in [4.78, 5) is 11.6. The molecule has 0 amide bonds. The summed E-state index contributed by atoms with van der Waals surface area (Å²) in [5.41, 5.74) is 3.58. The van der Waals surface area contributed by atoms with Crippen molar-refractivity contribution in [3.63, 3.8) is 0 Å². The van der Waals surface area contributed by atoms with Gasteiger partial charge in [0.15, 0.2) is 0 Å². The average molecular weight is 204 g/mol. The molecule has 1 saturated heterocycles. The zero-order chi connectivity index (χ0) is 11.0. The van der Waals surface area contributed by atoms with E-state index in [0.717, 1.165) is 12.0 Å². The highest BCUT2D eigenvalue weighted by atomic mass is 16.5. The summed E-state index contributed by atoms with van der Waals surface area (Å²) in [7, 11) is 0. The molecule has 1 aromatic rings. The molecule has 1 fully saturated rings. The summed E-state index contributed by atoms with van der Waals surface area (Å²) in [5, 5.41) is 0. The highest BCUT2D eigenvalue weighted by Gasteiger charge is 2.33. The van der Waals surface area contributed by atoms with E-state index in [1.165, 1.54) is 11.1 Å². The number of benzene rings is 1. The molecule has 2 unspecified atom stereocenters. The fourth-order valence-electron chi connectivity index (χ4n) is 2.16. The molecule has 1 aliphatic heterocycles. The van der Waals surface area contributed by atoms with Crippen LogP contribution in [0, 0.1) is 13.8 Å². The predicted octanol–water partition coefficient (Wildman–Crippen LogP) is 2.72. The van der Waals surface area contributed by atoms with Gasteiger partial charge < -0.3 is 4.74 Å². The predicted molar refractivity (Wildman–Crippen MR) is 58.8 cm³/mol. The molecule has 0 saturated carbocycles. The van der Waals surface area contributed by atoms with Crippen LogP contribution in [-0.2, 0) is 9.53 Å². The van der Waals surface area contributed by atoms with E-state index in [0.29, 0.717) is 0 Å². The van der Waals surface area contributed by atoms with Crippen LogP contribution in [0.15, 0.2) is 18.2 Å². The average Bonchev–Trinajstić information content (AvgIpc) is 2.50. The van der Waals surface area contributed by atoms with Gasteiger partial charge in [-0.05, 0) is 37.5 Å². The summed E-state index contributed by atoms with van der Waals surface area (Å²) in [5.74, 6) is -0.129. The lowest BCUT2D eigenvalue weighted by molar-refractivity contribution is -0.141. The van der Waals surface area contributed by atoms with Gasteiger partial charge in [0.25, 0.3) is 0 Å². The lowest BCUT2D eigenvalue weighted by Gasteiger charge is -2.11. The molecular weight excluding hydrogens is 188 g/mol. The molecule has 2 rings (SSSR count). The first-order valence-corrected chi connectivity index (χ1v) is 5.36. The first kappa shape index (κ1) is 10.2. The van der Waals surface area contributed by atoms with Crippen molar-refractivity contribution in [1.29, 1.82) is 0 Å². The van der Waals surface area contributed by atoms with Crippen molar-refractivity contribution in [2.45, 2.75) is 39.2 Å². The van der Waals surface area contributed by atoms with Crippen LogP contribution >= 0.6 is 0 Å². The summed E-state index contributed by atoms with van der Waals surface area (Å²) >= 11 is 0. The number of aryl methyl sites for hydroxylation is 1. The van der Waals surface area contributed by atoms with Crippen LogP contribution < -0.4 is 0 Å². The van der Waals surface area contributed by atoms with Gasteiger partial charge in [0.2, 0.25) is 0 Å². The Hall–Kier alpha value is -1.31. The number of hydrogen-bond donors (Lipinski definition) is 0. The minimum Gasteiger partial charge on any atom is -0.462 e. The van der Waals surface area contributed by atoms with Crippen LogP contribution in [0.4, 0.5) is 0 Å². The fraction of sp³-hybridized carbons (Fsp3) is 0.462. The van der Waals surface area contributed by atoms with Crippen molar-refractivity contribution in [2.75, 3.05) is 0 Å². The maximum atomic E-state index is 11.6. The maximum absolute atomic E-state index is 11.6. The van der Waals surface area contributed by atoms with E-state index >= 15 is 0 Å². The zero-order valence-electron chi connectivity index (χ0n) is 9.41. The van der Waals surface area contributed by atoms with Gasteiger partial charge in [-0.1, -0.05) is 18.2 Å². The molecule has 1 aliphatic rings. The van der Waals surface area contributed by atoms with E-state index in [4.69, 9.17) is 4.74 Å². The van der Waals surface area contributed by atoms with Crippen LogP contribution in [0.1, 0.15) is 36.0 Å². The van der Waals surface area contributed by atoms with Crippen LogP contribution in [0.3, 0.4) is 0 Å². The molecule has 2 nitrogen and oxygen atoms in total. The first-order chi connectivity index (χ1) is 7.09. The van der Waals surface area contributed by atoms with Crippen molar-refractivity contribution in [1.82, 2.24) is 0 Å². The number of hydrogen-bond acceptors (Lipinski definition) is 2. The molecule has 2 atom stereocenters. The number of esters is 1. The number of carbonyl (C=O) groups is 1. The molecule has 0 aromatic heterocycles. The lowest BCUT2D eigenvalue weighted by Crippen LogP contribution is -2.07. The third-order valence-electron chi connectivity index (χ3n) is 3.19. The Kier molecular flexibility index (Phi) is 2.51. The topological polar surface area (TPSA) is 26.3 Å². The van der Waals surface area contributed by atoms with E-state index in [9.17, 15) is 4.79 Å². The molecule has 1 aromatic carbocycles. The lowest BCUT2D eigenvalue weighted by atomic mass is 9.90. The molecule has 80 valence electrons. The standard InChI is InChI=1S/C13H16O2/c1-8-5-4-6-11(10(8)3)12-7-9(2)15-13(12)14/h4-6,9,12H,7H2,1-3H3. The van der Waals surface area contributed by atoms with Crippen molar-refractivity contribution in [3.05, 3.63) is 34.9 Å². The van der Waals surface area contributed by atoms with Crippen LogP contribution in [-0.4, -0.2) is 12.1 Å². The maximum Gasteiger partial charge on any atom is 0.313 e. The summed E-state index contributed by atoms with van der Waals surface area (Å²) in [6.07, 6.45) is 0.866. The van der Waals surface area contributed by atoms with E-state index in [2.05, 4.69) is 19.9 Å². The number of rotatable bonds is 1. The molecule has 0 spiro atoms. The van der Waals surface area contributed by atoms with E-state index < -0.39 is 0 Å². The molecule has 0 bridgehead atoms. The van der Waals surface area contributed by atoms with Crippen molar-refractivity contribution in [2.24, 2.45) is 0 Å². The fourth-order valence-corrected chi connectivity index (χ4v) is 2.16. The van der Waals surface area contributed by atoms with E-state index in [-0.39, 0.29) is 18.0 Å². The minimum absolute atomic E-state index is 0.0556. The minimum atomic E-state index is -0.0730. The van der Waals surface area contributed by atoms with Gasteiger partial charge in [-0.15, -0.1) is 0 Å².